The third-order valence-corrected chi connectivity index (χ3v) is 4.76. The van der Waals surface area contributed by atoms with E-state index in [1.165, 1.54) is 6.08 Å². The van der Waals surface area contributed by atoms with Crippen LogP contribution in [0, 0.1) is 11.7 Å². The minimum atomic E-state index is -0.314. The number of benzene rings is 1. The highest BCUT2D eigenvalue weighted by Gasteiger charge is 2.30. The fourth-order valence-corrected chi connectivity index (χ4v) is 3.28. The Morgan fingerprint density at radius 2 is 2.09 bits per heavy atom. The fourth-order valence-electron chi connectivity index (χ4n) is 2.93. The number of nitrogens with zero attached hydrogens (tertiary/aromatic N) is 2. The zero-order valence-electron chi connectivity index (χ0n) is 12.5. The highest BCUT2D eigenvalue weighted by atomic mass is 79.9. The molecule has 1 saturated heterocycles. The summed E-state index contributed by atoms with van der Waals surface area (Å²) < 4.78 is 16.2. The van der Waals surface area contributed by atoms with E-state index in [1.54, 1.807) is 33.9 Å². The molecular formula is C17H16BrFN2O2. The number of carbonyl (C=O) groups excluding carboxylic acids is 2. The van der Waals surface area contributed by atoms with Crippen molar-refractivity contribution in [3.8, 4) is 0 Å². The molecule has 1 fully saturated rings. The molecule has 0 unspecified atom stereocenters. The number of carbonyl (C=O) groups is 2. The molecule has 0 atom stereocenters. The van der Waals surface area contributed by atoms with Crippen LogP contribution in [0.15, 0.2) is 41.5 Å². The number of halogens is 2. The van der Waals surface area contributed by atoms with Crippen molar-refractivity contribution in [2.24, 2.45) is 5.92 Å². The lowest BCUT2D eigenvalue weighted by Crippen LogP contribution is -2.50. The lowest BCUT2D eigenvalue weighted by molar-refractivity contribution is -0.134. The van der Waals surface area contributed by atoms with Crippen molar-refractivity contribution < 1.29 is 14.0 Å². The molecule has 6 heteroatoms. The van der Waals surface area contributed by atoms with Crippen LogP contribution < -0.4 is 0 Å². The Kier molecular flexibility index (Phi) is 4.35. The number of hydrogen-bond donors (Lipinski definition) is 0. The second kappa shape index (κ2) is 6.28. The zero-order valence-corrected chi connectivity index (χ0v) is 14.1. The molecule has 120 valence electrons. The van der Waals surface area contributed by atoms with Gasteiger partial charge in [-0.2, -0.15) is 0 Å². The van der Waals surface area contributed by atoms with Gasteiger partial charge in [0.25, 0.3) is 0 Å². The van der Waals surface area contributed by atoms with Gasteiger partial charge in [0.2, 0.25) is 5.91 Å². The molecule has 1 amide bonds. The molecule has 1 aliphatic rings. The molecule has 1 aromatic heterocycles. The number of amides is 1. The smallest absolute Gasteiger partial charge is 0.245 e. The summed E-state index contributed by atoms with van der Waals surface area (Å²) in [6, 6.07) is 5.11. The van der Waals surface area contributed by atoms with Gasteiger partial charge >= 0.3 is 0 Å². The van der Waals surface area contributed by atoms with Gasteiger partial charge in [-0.05, 0) is 40.2 Å². The van der Waals surface area contributed by atoms with Gasteiger partial charge in [-0.15, -0.1) is 0 Å². The van der Waals surface area contributed by atoms with Crippen LogP contribution >= 0.6 is 15.9 Å². The first-order chi connectivity index (χ1) is 11.0. The molecule has 0 bridgehead atoms. The average Bonchev–Trinajstić information content (AvgIpc) is 2.89. The van der Waals surface area contributed by atoms with E-state index in [0.29, 0.717) is 34.9 Å². The van der Waals surface area contributed by atoms with Gasteiger partial charge in [-0.3, -0.25) is 9.59 Å². The Hall–Kier alpha value is -1.95. The summed E-state index contributed by atoms with van der Waals surface area (Å²) >= 11 is 3.16. The normalized spacial score (nSPS) is 14.8. The predicted molar refractivity (Wildman–Crippen MR) is 89.5 cm³/mol. The average molecular weight is 379 g/mol. The molecule has 0 N–H and O–H groups in total. The number of likely N-dealkylation sites (tertiary alicyclic amines) is 1. The first-order valence-corrected chi connectivity index (χ1v) is 8.14. The molecule has 23 heavy (non-hydrogen) atoms. The lowest BCUT2D eigenvalue weighted by atomic mass is 9.94. The standard InChI is InChI=1S/C17H16BrFN2O2/c1-2-16(23)21-8-11(9-21)7-12(22)10-20-6-5-13-15(20)4-3-14(18)17(13)19/h2-6,11H,1,7-10H2. The van der Waals surface area contributed by atoms with E-state index in [0.717, 1.165) is 0 Å². The van der Waals surface area contributed by atoms with E-state index < -0.39 is 0 Å². The largest absolute Gasteiger partial charge is 0.340 e. The number of hydrogen-bond acceptors (Lipinski definition) is 2. The maximum Gasteiger partial charge on any atom is 0.245 e. The predicted octanol–water partition coefficient (Wildman–Crippen LogP) is 3.15. The Bertz CT molecular complexity index is 793. The van der Waals surface area contributed by atoms with Crippen LogP contribution in [0.3, 0.4) is 0 Å². The maximum atomic E-state index is 14.0. The Morgan fingerprint density at radius 1 is 1.35 bits per heavy atom. The Labute approximate surface area is 141 Å². The minimum Gasteiger partial charge on any atom is -0.340 e. The molecule has 2 heterocycles. The SMILES string of the molecule is C=CC(=O)N1CC(CC(=O)Cn2ccc3c(F)c(Br)ccc32)C1. The molecule has 0 radical (unpaired) electrons. The van der Waals surface area contributed by atoms with Gasteiger partial charge in [0.15, 0.2) is 5.78 Å². The monoisotopic (exact) mass is 378 g/mol. The van der Waals surface area contributed by atoms with Gasteiger partial charge in [0.1, 0.15) is 5.82 Å². The Balaban J connectivity index is 1.62. The van der Waals surface area contributed by atoms with Gasteiger partial charge in [0, 0.05) is 37.0 Å². The van der Waals surface area contributed by atoms with Gasteiger partial charge in [0.05, 0.1) is 16.5 Å². The van der Waals surface area contributed by atoms with Crippen LogP contribution in [0.4, 0.5) is 4.39 Å². The number of aromatic nitrogens is 1. The lowest BCUT2D eigenvalue weighted by Gasteiger charge is -2.38. The van der Waals surface area contributed by atoms with Gasteiger partial charge in [-0.25, -0.2) is 4.39 Å². The van der Waals surface area contributed by atoms with E-state index in [-0.39, 0.29) is 30.0 Å². The van der Waals surface area contributed by atoms with Crippen molar-refractivity contribution in [2.45, 2.75) is 13.0 Å². The number of fused-ring (bicyclic) bond motifs is 1. The zero-order chi connectivity index (χ0) is 16.6. The molecule has 4 nitrogen and oxygen atoms in total. The van der Waals surface area contributed by atoms with Crippen molar-refractivity contribution >= 4 is 38.5 Å². The van der Waals surface area contributed by atoms with Crippen LogP contribution in [-0.4, -0.2) is 34.2 Å². The number of ketones is 1. The van der Waals surface area contributed by atoms with Crippen molar-refractivity contribution in [2.75, 3.05) is 13.1 Å². The second-order valence-electron chi connectivity index (χ2n) is 5.79. The molecule has 0 aliphatic carbocycles. The van der Waals surface area contributed by atoms with Crippen molar-refractivity contribution in [3.05, 3.63) is 47.3 Å². The summed E-state index contributed by atoms with van der Waals surface area (Å²) in [6.07, 6.45) is 3.45. The van der Waals surface area contributed by atoms with E-state index in [2.05, 4.69) is 22.5 Å². The third kappa shape index (κ3) is 3.08. The molecule has 0 saturated carbocycles. The van der Waals surface area contributed by atoms with Crippen molar-refractivity contribution in [1.29, 1.82) is 0 Å². The third-order valence-electron chi connectivity index (χ3n) is 4.15. The van der Waals surface area contributed by atoms with Crippen LogP contribution in [0.5, 0.6) is 0 Å². The van der Waals surface area contributed by atoms with Gasteiger partial charge < -0.3 is 9.47 Å². The van der Waals surface area contributed by atoms with E-state index in [4.69, 9.17) is 0 Å². The van der Waals surface area contributed by atoms with Crippen LogP contribution in [0.25, 0.3) is 10.9 Å². The molecule has 3 rings (SSSR count). The Morgan fingerprint density at radius 3 is 2.78 bits per heavy atom. The molecule has 2 aromatic rings. The summed E-state index contributed by atoms with van der Waals surface area (Å²) in [5.74, 6) is -0.113. The van der Waals surface area contributed by atoms with E-state index in [9.17, 15) is 14.0 Å². The summed E-state index contributed by atoms with van der Waals surface area (Å²) in [6.45, 7) is 4.87. The first-order valence-electron chi connectivity index (χ1n) is 7.35. The first kappa shape index (κ1) is 15.9. The van der Waals surface area contributed by atoms with Crippen molar-refractivity contribution in [3.63, 3.8) is 0 Å². The fraction of sp³-hybridized carbons (Fsp3) is 0.294. The maximum absolute atomic E-state index is 14.0. The van der Waals surface area contributed by atoms with Crippen LogP contribution in [-0.2, 0) is 16.1 Å². The topological polar surface area (TPSA) is 42.3 Å². The van der Waals surface area contributed by atoms with Gasteiger partial charge in [-0.1, -0.05) is 6.58 Å². The molecular weight excluding hydrogens is 363 g/mol. The number of rotatable bonds is 5. The highest BCUT2D eigenvalue weighted by molar-refractivity contribution is 9.10. The quantitative estimate of drug-likeness (QED) is 0.750. The van der Waals surface area contributed by atoms with Crippen molar-refractivity contribution in [1.82, 2.24) is 9.47 Å². The minimum absolute atomic E-state index is 0.0847. The molecule has 0 spiro atoms. The molecule has 1 aromatic carbocycles. The van der Waals surface area contributed by atoms with E-state index in [1.807, 2.05) is 0 Å². The highest BCUT2D eigenvalue weighted by Crippen LogP contribution is 2.26. The molecule has 1 aliphatic heterocycles. The van der Waals surface area contributed by atoms with E-state index >= 15 is 0 Å². The summed E-state index contributed by atoms with van der Waals surface area (Å²) in [4.78, 5) is 25.2. The summed E-state index contributed by atoms with van der Waals surface area (Å²) in [5, 5.41) is 0.499. The number of Topliss-reactive ketones (excluding diaryl/α,β-unsaturated/α-hetero) is 1. The van der Waals surface area contributed by atoms with Crippen LogP contribution in [0.1, 0.15) is 6.42 Å². The second-order valence-corrected chi connectivity index (χ2v) is 6.65. The van der Waals surface area contributed by atoms with Crippen LogP contribution in [0.2, 0.25) is 0 Å². The summed E-state index contributed by atoms with van der Waals surface area (Å²) in [5.41, 5.74) is 0.705. The summed E-state index contributed by atoms with van der Waals surface area (Å²) in [7, 11) is 0.